The third-order valence-corrected chi connectivity index (χ3v) is 5.31. The van der Waals surface area contributed by atoms with Crippen LogP contribution in [0.5, 0.6) is 0 Å². The maximum Gasteiger partial charge on any atom is 0.243 e. The van der Waals surface area contributed by atoms with Gasteiger partial charge in [-0.1, -0.05) is 0 Å². The van der Waals surface area contributed by atoms with E-state index in [0.29, 0.717) is 39.0 Å². The number of likely N-dealkylation sites (tertiary alicyclic amines) is 2. The van der Waals surface area contributed by atoms with E-state index < -0.39 is 5.41 Å². The third kappa shape index (κ3) is 2.27. The Morgan fingerprint density at radius 3 is 2.65 bits per heavy atom. The summed E-state index contributed by atoms with van der Waals surface area (Å²) in [4.78, 5) is 32.7. The molecule has 6 nitrogen and oxygen atoms in total. The van der Waals surface area contributed by atoms with E-state index in [4.69, 9.17) is 0 Å². The summed E-state index contributed by atoms with van der Waals surface area (Å²) in [5.41, 5.74) is 0.293. The van der Waals surface area contributed by atoms with Gasteiger partial charge >= 0.3 is 0 Å². The van der Waals surface area contributed by atoms with Gasteiger partial charge in [0.2, 0.25) is 11.8 Å². The molecule has 4 rings (SSSR count). The lowest BCUT2D eigenvalue weighted by Gasteiger charge is -2.23. The first kappa shape index (κ1) is 14.2. The van der Waals surface area contributed by atoms with Crippen LogP contribution >= 0.6 is 0 Å². The van der Waals surface area contributed by atoms with E-state index in [-0.39, 0.29) is 23.7 Å². The summed E-state index contributed by atoms with van der Waals surface area (Å²) >= 11 is 0. The van der Waals surface area contributed by atoms with Gasteiger partial charge in [0.15, 0.2) is 0 Å². The Bertz CT molecular complexity index is 692. The van der Waals surface area contributed by atoms with Crippen molar-refractivity contribution in [1.82, 2.24) is 14.8 Å². The largest absolute Gasteiger partial charge is 0.340 e. The van der Waals surface area contributed by atoms with Gasteiger partial charge in [-0.2, -0.15) is 5.26 Å². The molecule has 0 N–H and O–H groups in total. The molecule has 1 aromatic rings. The van der Waals surface area contributed by atoms with Crippen molar-refractivity contribution in [2.45, 2.75) is 19.4 Å². The molecule has 1 saturated carbocycles. The standard InChI is InChI=1S/C17H18N4O2/c18-11-17(3-4-17)16(23)21-9-13-8-20(15(22)14(13)10-21)7-12-1-5-19-6-2-12/h1-2,5-6,13-14H,3-4,7-10H2/t13-,14+/m0/s1. The summed E-state index contributed by atoms with van der Waals surface area (Å²) in [6.07, 6.45) is 4.79. The third-order valence-electron chi connectivity index (χ3n) is 5.31. The summed E-state index contributed by atoms with van der Waals surface area (Å²) in [7, 11) is 0. The van der Waals surface area contributed by atoms with Crippen molar-refractivity contribution in [3.05, 3.63) is 30.1 Å². The second-order valence-corrected chi connectivity index (χ2v) is 6.84. The minimum Gasteiger partial charge on any atom is -0.340 e. The molecule has 0 spiro atoms. The molecule has 0 bridgehead atoms. The van der Waals surface area contributed by atoms with Crippen LogP contribution in [0.25, 0.3) is 0 Å². The summed E-state index contributed by atoms with van der Waals surface area (Å²) in [5.74, 6) is 0.157. The van der Waals surface area contributed by atoms with Crippen LogP contribution in [0.3, 0.4) is 0 Å². The molecule has 2 saturated heterocycles. The summed E-state index contributed by atoms with van der Waals surface area (Å²) < 4.78 is 0. The minimum atomic E-state index is -0.779. The van der Waals surface area contributed by atoms with E-state index in [2.05, 4.69) is 11.1 Å². The highest BCUT2D eigenvalue weighted by atomic mass is 16.2. The SMILES string of the molecule is N#CC1(C(=O)N2C[C@@H]3CN(Cc4ccncc4)C(=O)[C@@H]3C2)CC1. The molecule has 3 fully saturated rings. The number of carbonyl (C=O) groups is 2. The highest BCUT2D eigenvalue weighted by molar-refractivity contribution is 5.90. The molecule has 0 unspecified atom stereocenters. The van der Waals surface area contributed by atoms with Crippen molar-refractivity contribution in [3.8, 4) is 6.07 Å². The van der Waals surface area contributed by atoms with E-state index in [1.165, 1.54) is 0 Å². The number of fused-ring (bicyclic) bond motifs is 1. The molecule has 3 heterocycles. The molecule has 2 amide bonds. The van der Waals surface area contributed by atoms with E-state index >= 15 is 0 Å². The van der Waals surface area contributed by atoms with Gasteiger partial charge in [-0.25, -0.2) is 0 Å². The minimum absolute atomic E-state index is 0.0668. The molecule has 118 valence electrons. The van der Waals surface area contributed by atoms with E-state index in [0.717, 1.165) is 5.56 Å². The maximum absolute atomic E-state index is 12.6. The van der Waals surface area contributed by atoms with Gasteiger partial charge in [0.1, 0.15) is 5.41 Å². The summed E-state index contributed by atoms with van der Waals surface area (Å²) in [6, 6.07) is 5.99. The summed E-state index contributed by atoms with van der Waals surface area (Å²) in [5, 5.41) is 9.17. The van der Waals surface area contributed by atoms with Crippen molar-refractivity contribution in [3.63, 3.8) is 0 Å². The zero-order valence-electron chi connectivity index (χ0n) is 12.8. The zero-order chi connectivity index (χ0) is 16.0. The lowest BCUT2D eigenvalue weighted by atomic mass is 10.0. The van der Waals surface area contributed by atoms with Gasteiger partial charge in [-0.3, -0.25) is 14.6 Å². The van der Waals surface area contributed by atoms with Crippen LogP contribution in [0.2, 0.25) is 0 Å². The van der Waals surface area contributed by atoms with Crippen molar-refractivity contribution in [1.29, 1.82) is 5.26 Å². The first-order valence-electron chi connectivity index (χ1n) is 8.01. The first-order chi connectivity index (χ1) is 11.1. The second kappa shape index (κ2) is 5.05. The Labute approximate surface area is 134 Å². The molecule has 23 heavy (non-hydrogen) atoms. The highest BCUT2D eigenvalue weighted by Gasteiger charge is 2.56. The van der Waals surface area contributed by atoms with E-state index in [9.17, 15) is 14.9 Å². The van der Waals surface area contributed by atoms with Crippen molar-refractivity contribution in [2.24, 2.45) is 17.3 Å². The second-order valence-electron chi connectivity index (χ2n) is 6.84. The number of amides is 2. The van der Waals surface area contributed by atoms with Gasteiger partial charge < -0.3 is 9.80 Å². The molecule has 1 aliphatic carbocycles. The van der Waals surface area contributed by atoms with Crippen molar-refractivity contribution >= 4 is 11.8 Å². The Balaban J connectivity index is 1.42. The monoisotopic (exact) mass is 310 g/mol. The molecule has 6 heteroatoms. The predicted octanol–water partition coefficient (Wildman–Crippen LogP) is 0.802. The van der Waals surface area contributed by atoms with Crippen LogP contribution in [-0.2, 0) is 16.1 Å². The number of hydrogen-bond acceptors (Lipinski definition) is 4. The van der Waals surface area contributed by atoms with Gasteiger partial charge in [0.05, 0.1) is 12.0 Å². The van der Waals surface area contributed by atoms with Gasteiger partial charge in [0, 0.05) is 44.5 Å². The van der Waals surface area contributed by atoms with Crippen LogP contribution in [0.1, 0.15) is 18.4 Å². The number of carbonyl (C=O) groups excluding carboxylic acids is 2. The number of pyridine rings is 1. The number of hydrogen-bond donors (Lipinski definition) is 0. The smallest absolute Gasteiger partial charge is 0.243 e. The van der Waals surface area contributed by atoms with Crippen LogP contribution in [-0.4, -0.2) is 46.2 Å². The fraction of sp³-hybridized carbons (Fsp3) is 0.529. The molecule has 1 aromatic heterocycles. The van der Waals surface area contributed by atoms with E-state index in [1.807, 2.05) is 17.0 Å². The van der Waals surface area contributed by atoms with E-state index in [1.54, 1.807) is 17.3 Å². The van der Waals surface area contributed by atoms with Crippen LogP contribution in [0, 0.1) is 28.6 Å². The molecule has 2 aliphatic heterocycles. The number of nitriles is 1. The van der Waals surface area contributed by atoms with Crippen LogP contribution in [0.4, 0.5) is 0 Å². The average molecular weight is 310 g/mol. The average Bonchev–Trinajstić information content (AvgIpc) is 3.19. The fourth-order valence-electron chi connectivity index (χ4n) is 3.76. The Kier molecular flexibility index (Phi) is 3.12. The molecular weight excluding hydrogens is 292 g/mol. The normalized spacial score (nSPS) is 27.7. The molecular formula is C17H18N4O2. The highest BCUT2D eigenvalue weighted by Crippen LogP contribution is 2.48. The predicted molar refractivity (Wildman–Crippen MR) is 80.5 cm³/mol. The van der Waals surface area contributed by atoms with Crippen molar-refractivity contribution in [2.75, 3.05) is 19.6 Å². The topological polar surface area (TPSA) is 77.3 Å². The van der Waals surface area contributed by atoms with Gasteiger partial charge in [0.25, 0.3) is 0 Å². The van der Waals surface area contributed by atoms with Crippen LogP contribution in [0.15, 0.2) is 24.5 Å². The first-order valence-corrected chi connectivity index (χ1v) is 8.01. The Morgan fingerprint density at radius 2 is 2.04 bits per heavy atom. The molecule has 0 radical (unpaired) electrons. The quantitative estimate of drug-likeness (QED) is 0.827. The Morgan fingerprint density at radius 1 is 1.30 bits per heavy atom. The molecule has 3 aliphatic rings. The Hall–Kier alpha value is -2.42. The zero-order valence-corrected chi connectivity index (χ0v) is 12.8. The number of rotatable bonds is 3. The molecule has 2 atom stereocenters. The number of aromatic nitrogens is 1. The van der Waals surface area contributed by atoms with Gasteiger partial charge in [-0.05, 0) is 30.5 Å². The lowest BCUT2D eigenvalue weighted by Crippen LogP contribution is -2.38. The number of nitrogens with zero attached hydrogens (tertiary/aromatic N) is 4. The fourth-order valence-corrected chi connectivity index (χ4v) is 3.76. The van der Waals surface area contributed by atoms with Crippen molar-refractivity contribution < 1.29 is 9.59 Å². The maximum atomic E-state index is 12.6. The molecule has 0 aromatic carbocycles. The van der Waals surface area contributed by atoms with Crippen LogP contribution < -0.4 is 0 Å². The van der Waals surface area contributed by atoms with Gasteiger partial charge in [-0.15, -0.1) is 0 Å². The lowest BCUT2D eigenvalue weighted by molar-refractivity contribution is -0.135. The summed E-state index contributed by atoms with van der Waals surface area (Å²) in [6.45, 7) is 2.36.